The molecule has 1 atom stereocenters. The summed E-state index contributed by atoms with van der Waals surface area (Å²) >= 11 is 3.59. The van der Waals surface area contributed by atoms with E-state index in [1.165, 1.54) is 25.1 Å². The summed E-state index contributed by atoms with van der Waals surface area (Å²) in [7, 11) is 4.36. The predicted octanol–water partition coefficient (Wildman–Crippen LogP) is 2.56. The molecular weight excluding hydrogens is 278 g/mol. The van der Waals surface area contributed by atoms with Crippen molar-refractivity contribution in [2.24, 2.45) is 0 Å². The maximum atomic E-state index is 5.77. The largest absolute Gasteiger partial charge is 0.399 e. The molecule has 1 unspecified atom stereocenters. The molecule has 2 rings (SSSR count). The number of piperidine rings is 1. The zero-order chi connectivity index (χ0) is 12.4. The number of nitrogens with two attached hydrogens (primary N) is 1. The molecule has 0 saturated carbocycles. The molecule has 1 saturated heterocycles. The Hall–Kier alpha value is -0.740. The smallest absolute Gasteiger partial charge is 0.0512 e. The molecule has 1 aromatic carbocycles. The van der Waals surface area contributed by atoms with E-state index in [2.05, 4.69) is 45.9 Å². The van der Waals surface area contributed by atoms with Gasteiger partial charge in [0.15, 0.2) is 0 Å². The Labute approximate surface area is 112 Å². The van der Waals surface area contributed by atoms with Crippen molar-refractivity contribution in [1.82, 2.24) is 4.90 Å². The highest BCUT2D eigenvalue weighted by atomic mass is 79.9. The van der Waals surface area contributed by atoms with Crippen LogP contribution in [0, 0.1) is 0 Å². The van der Waals surface area contributed by atoms with Gasteiger partial charge in [0.1, 0.15) is 0 Å². The van der Waals surface area contributed by atoms with Crippen molar-refractivity contribution < 1.29 is 0 Å². The highest BCUT2D eigenvalue weighted by Gasteiger charge is 2.22. The van der Waals surface area contributed by atoms with Crippen molar-refractivity contribution in [3.63, 3.8) is 0 Å². The van der Waals surface area contributed by atoms with Crippen molar-refractivity contribution in [2.75, 3.05) is 37.8 Å². The van der Waals surface area contributed by atoms with Gasteiger partial charge in [-0.2, -0.15) is 0 Å². The van der Waals surface area contributed by atoms with Crippen LogP contribution in [-0.4, -0.2) is 38.1 Å². The summed E-state index contributed by atoms with van der Waals surface area (Å²) in [5.74, 6) is 0. The summed E-state index contributed by atoms with van der Waals surface area (Å²) in [5, 5.41) is 0. The number of hydrogen-bond donors (Lipinski definition) is 1. The fraction of sp³-hybridized carbons (Fsp3) is 0.538. The maximum Gasteiger partial charge on any atom is 0.0512 e. The zero-order valence-electron chi connectivity index (χ0n) is 10.5. The molecule has 1 fully saturated rings. The second-order valence-corrected chi connectivity index (χ2v) is 5.73. The van der Waals surface area contributed by atoms with E-state index in [0.717, 1.165) is 16.7 Å². The Balaban J connectivity index is 2.15. The van der Waals surface area contributed by atoms with Gasteiger partial charge in [0.2, 0.25) is 0 Å². The second-order valence-electron chi connectivity index (χ2n) is 4.88. The van der Waals surface area contributed by atoms with Crippen molar-refractivity contribution in [1.29, 1.82) is 0 Å². The Morgan fingerprint density at radius 2 is 2.24 bits per heavy atom. The third-order valence-corrected chi connectivity index (χ3v) is 4.13. The van der Waals surface area contributed by atoms with E-state index < -0.39 is 0 Å². The summed E-state index contributed by atoms with van der Waals surface area (Å²) in [6.07, 6.45) is 2.54. The summed E-state index contributed by atoms with van der Waals surface area (Å²) in [5.41, 5.74) is 7.79. The SMILES string of the molecule is CN1CCCC(N(C)c2ccc(N)cc2Br)C1. The maximum absolute atomic E-state index is 5.77. The molecule has 0 aliphatic carbocycles. The first kappa shape index (κ1) is 12.7. The number of nitrogens with zero attached hydrogens (tertiary/aromatic N) is 2. The third kappa shape index (κ3) is 2.93. The molecule has 3 nitrogen and oxygen atoms in total. The molecule has 17 heavy (non-hydrogen) atoms. The van der Waals surface area contributed by atoms with Crippen LogP contribution in [0.5, 0.6) is 0 Å². The Morgan fingerprint density at radius 3 is 2.88 bits per heavy atom. The van der Waals surface area contributed by atoms with E-state index in [1.54, 1.807) is 0 Å². The zero-order valence-corrected chi connectivity index (χ0v) is 12.1. The summed E-state index contributed by atoms with van der Waals surface area (Å²) < 4.78 is 1.08. The number of nitrogen functional groups attached to an aromatic ring is 1. The van der Waals surface area contributed by atoms with Crippen LogP contribution in [0.2, 0.25) is 0 Å². The van der Waals surface area contributed by atoms with Crippen LogP contribution < -0.4 is 10.6 Å². The van der Waals surface area contributed by atoms with Gasteiger partial charge in [0.25, 0.3) is 0 Å². The van der Waals surface area contributed by atoms with Gasteiger partial charge < -0.3 is 15.5 Å². The minimum Gasteiger partial charge on any atom is -0.399 e. The number of anilines is 2. The van der Waals surface area contributed by atoms with E-state index in [4.69, 9.17) is 5.73 Å². The first-order valence-corrected chi connectivity index (χ1v) is 6.83. The molecule has 0 aromatic heterocycles. The van der Waals surface area contributed by atoms with Gasteiger partial charge in [0.05, 0.1) is 5.69 Å². The molecule has 1 aliphatic rings. The van der Waals surface area contributed by atoms with Crippen LogP contribution in [0.1, 0.15) is 12.8 Å². The summed E-state index contributed by atoms with van der Waals surface area (Å²) in [6, 6.07) is 6.61. The molecule has 0 bridgehead atoms. The topological polar surface area (TPSA) is 32.5 Å². The standard InChI is InChI=1S/C13H20BrN3/c1-16-7-3-4-11(9-16)17(2)13-6-5-10(15)8-12(13)14/h5-6,8,11H,3-4,7,9,15H2,1-2H3. The average molecular weight is 298 g/mol. The Kier molecular flexibility index (Phi) is 3.94. The van der Waals surface area contributed by atoms with Gasteiger partial charge in [-0.3, -0.25) is 0 Å². The van der Waals surface area contributed by atoms with Crippen LogP contribution >= 0.6 is 15.9 Å². The van der Waals surface area contributed by atoms with Gasteiger partial charge in [-0.25, -0.2) is 0 Å². The van der Waals surface area contributed by atoms with E-state index in [1.807, 2.05) is 12.1 Å². The van der Waals surface area contributed by atoms with Gasteiger partial charge in [-0.05, 0) is 60.6 Å². The first-order valence-electron chi connectivity index (χ1n) is 6.04. The average Bonchev–Trinajstić information content (AvgIpc) is 2.28. The molecule has 4 heteroatoms. The Morgan fingerprint density at radius 1 is 1.47 bits per heavy atom. The highest BCUT2D eigenvalue weighted by molar-refractivity contribution is 9.10. The van der Waals surface area contributed by atoms with Crippen LogP contribution in [0.15, 0.2) is 22.7 Å². The third-order valence-electron chi connectivity index (χ3n) is 3.50. The monoisotopic (exact) mass is 297 g/mol. The molecule has 0 spiro atoms. The lowest BCUT2D eigenvalue weighted by Crippen LogP contribution is -2.45. The quantitative estimate of drug-likeness (QED) is 0.852. The van der Waals surface area contributed by atoms with E-state index in [0.29, 0.717) is 6.04 Å². The van der Waals surface area contributed by atoms with Crippen LogP contribution in [0.4, 0.5) is 11.4 Å². The normalized spacial score (nSPS) is 21.5. The fourth-order valence-corrected chi connectivity index (χ4v) is 3.14. The number of rotatable bonds is 2. The molecule has 1 aliphatic heterocycles. The lowest BCUT2D eigenvalue weighted by atomic mass is 10.0. The van der Waals surface area contributed by atoms with Crippen LogP contribution in [0.25, 0.3) is 0 Å². The number of halogens is 1. The molecule has 0 amide bonds. The van der Waals surface area contributed by atoms with Crippen LogP contribution in [-0.2, 0) is 0 Å². The summed E-state index contributed by atoms with van der Waals surface area (Å²) in [6.45, 7) is 2.35. The van der Waals surface area contributed by atoms with Crippen molar-refractivity contribution >= 4 is 27.3 Å². The van der Waals surface area contributed by atoms with Crippen molar-refractivity contribution in [3.8, 4) is 0 Å². The second kappa shape index (κ2) is 5.27. The minimum atomic E-state index is 0.591. The van der Waals surface area contributed by atoms with Gasteiger partial charge in [0, 0.05) is 29.8 Å². The molecule has 94 valence electrons. The molecule has 2 N–H and O–H groups in total. The molecule has 1 heterocycles. The van der Waals surface area contributed by atoms with E-state index in [-0.39, 0.29) is 0 Å². The van der Waals surface area contributed by atoms with E-state index in [9.17, 15) is 0 Å². The lowest BCUT2D eigenvalue weighted by Gasteiger charge is -2.37. The highest BCUT2D eigenvalue weighted by Crippen LogP contribution is 2.30. The molecule has 1 aromatic rings. The van der Waals surface area contributed by atoms with Crippen LogP contribution in [0.3, 0.4) is 0 Å². The molecular formula is C13H20BrN3. The van der Waals surface area contributed by atoms with Gasteiger partial charge in [-0.15, -0.1) is 0 Å². The predicted molar refractivity (Wildman–Crippen MR) is 77.5 cm³/mol. The summed E-state index contributed by atoms with van der Waals surface area (Å²) in [4.78, 5) is 4.76. The van der Waals surface area contributed by atoms with Crippen molar-refractivity contribution in [2.45, 2.75) is 18.9 Å². The molecule has 0 radical (unpaired) electrons. The lowest BCUT2D eigenvalue weighted by molar-refractivity contribution is 0.248. The van der Waals surface area contributed by atoms with Gasteiger partial charge in [-0.1, -0.05) is 0 Å². The fourth-order valence-electron chi connectivity index (χ4n) is 2.46. The number of hydrogen-bond acceptors (Lipinski definition) is 3. The minimum absolute atomic E-state index is 0.591. The number of likely N-dealkylation sites (N-methyl/N-ethyl adjacent to an activating group) is 2. The first-order chi connectivity index (χ1) is 8.08. The van der Waals surface area contributed by atoms with Gasteiger partial charge >= 0.3 is 0 Å². The Bertz CT molecular complexity index is 394. The number of benzene rings is 1. The number of likely N-dealkylation sites (tertiary alicyclic amines) is 1. The van der Waals surface area contributed by atoms with E-state index >= 15 is 0 Å². The van der Waals surface area contributed by atoms with Crippen molar-refractivity contribution in [3.05, 3.63) is 22.7 Å².